The number of aromatic nitrogens is 1. The Bertz CT molecular complexity index is 864. The summed E-state index contributed by atoms with van der Waals surface area (Å²) in [7, 11) is 3.26. The first kappa shape index (κ1) is 18.2. The Morgan fingerprint density at radius 2 is 1.69 bits per heavy atom. The van der Waals surface area contributed by atoms with E-state index < -0.39 is 0 Å². The van der Waals surface area contributed by atoms with Crippen molar-refractivity contribution in [2.75, 3.05) is 14.2 Å². The topological polar surface area (TPSA) is 57.4 Å². The standard InChI is InChI=1S/C21H21ClN2O2/c1-25-18-9-3-14(4-10-18)11-20(23)16-7-5-15(6-8-16)19-12-17(22)13-24-21(19)26-2/h3-10,12-13,20H,11,23H2,1-2H3/t20-/m0/s1. The molecule has 0 aliphatic rings. The van der Waals surface area contributed by atoms with E-state index in [0.29, 0.717) is 10.9 Å². The molecule has 0 saturated heterocycles. The largest absolute Gasteiger partial charge is 0.497 e. The number of rotatable bonds is 6. The van der Waals surface area contributed by atoms with Crippen molar-refractivity contribution in [3.63, 3.8) is 0 Å². The van der Waals surface area contributed by atoms with Crippen molar-refractivity contribution in [1.29, 1.82) is 0 Å². The number of hydrogen-bond donors (Lipinski definition) is 1. The number of hydrogen-bond acceptors (Lipinski definition) is 4. The predicted octanol–water partition coefficient (Wildman–Crippen LogP) is 4.66. The highest BCUT2D eigenvalue weighted by Crippen LogP contribution is 2.31. The van der Waals surface area contributed by atoms with Crippen LogP contribution in [-0.4, -0.2) is 19.2 Å². The van der Waals surface area contributed by atoms with E-state index in [4.69, 9.17) is 26.8 Å². The molecule has 3 rings (SSSR count). The van der Waals surface area contributed by atoms with Crippen molar-refractivity contribution >= 4 is 11.6 Å². The van der Waals surface area contributed by atoms with Crippen LogP contribution in [0.1, 0.15) is 17.2 Å². The van der Waals surface area contributed by atoms with E-state index in [1.54, 1.807) is 20.4 Å². The van der Waals surface area contributed by atoms with E-state index in [-0.39, 0.29) is 6.04 Å². The minimum Gasteiger partial charge on any atom is -0.497 e. The van der Waals surface area contributed by atoms with Gasteiger partial charge in [-0.3, -0.25) is 0 Å². The van der Waals surface area contributed by atoms with Gasteiger partial charge >= 0.3 is 0 Å². The molecule has 0 fully saturated rings. The molecule has 1 heterocycles. The highest BCUT2D eigenvalue weighted by atomic mass is 35.5. The Labute approximate surface area is 158 Å². The maximum atomic E-state index is 6.38. The van der Waals surface area contributed by atoms with Crippen LogP contribution in [-0.2, 0) is 6.42 Å². The van der Waals surface area contributed by atoms with Crippen LogP contribution in [0, 0.1) is 0 Å². The van der Waals surface area contributed by atoms with Crippen LogP contribution < -0.4 is 15.2 Å². The molecule has 1 atom stereocenters. The lowest BCUT2D eigenvalue weighted by Gasteiger charge is -2.14. The number of methoxy groups -OCH3 is 2. The van der Waals surface area contributed by atoms with Gasteiger partial charge in [0.15, 0.2) is 0 Å². The van der Waals surface area contributed by atoms with Gasteiger partial charge in [0.25, 0.3) is 0 Å². The van der Waals surface area contributed by atoms with E-state index in [1.165, 1.54) is 5.56 Å². The molecule has 0 aliphatic heterocycles. The molecule has 0 aliphatic carbocycles. The molecule has 0 amide bonds. The minimum atomic E-state index is -0.0863. The van der Waals surface area contributed by atoms with E-state index in [9.17, 15) is 0 Å². The molecule has 2 N–H and O–H groups in total. The predicted molar refractivity (Wildman–Crippen MR) is 105 cm³/mol. The molecule has 134 valence electrons. The number of pyridine rings is 1. The van der Waals surface area contributed by atoms with Crippen LogP contribution in [0.2, 0.25) is 5.02 Å². The maximum Gasteiger partial charge on any atom is 0.221 e. The smallest absolute Gasteiger partial charge is 0.221 e. The summed E-state index contributed by atoms with van der Waals surface area (Å²) in [6.45, 7) is 0. The maximum absolute atomic E-state index is 6.38. The molecule has 0 spiro atoms. The van der Waals surface area contributed by atoms with Gasteiger partial charge in [0.05, 0.1) is 19.2 Å². The van der Waals surface area contributed by atoms with Crippen LogP contribution in [0.25, 0.3) is 11.1 Å². The third kappa shape index (κ3) is 4.15. The number of halogens is 1. The van der Waals surface area contributed by atoms with Gasteiger partial charge in [0, 0.05) is 17.8 Å². The highest BCUT2D eigenvalue weighted by Gasteiger charge is 2.11. The molecule has 26 heavy (non-hydrogen) atoms. The number of ether oxygens (including phenoxy) is 2. The molecule has 1 aromatic heterocycles. The highest BCUT2D eigenvalue weighted by molar-refractivity contribution is 6.30. The third-order valence-electron chi connectivity index (χ3n) is 4.28. The minimum absolute atomic E-state index is 0.0863. The fourth-order valence-electron chi connectivity index (χ4n) is 2.84. The second-order valence-corrected chi connectivity index (χ2v) is 6.43. The van der Waals surface area contributed by atoms with Crippen molar-refractivity contribution in [3.05, 3.63) is 76.9 Å². The van der Waals surface area contributed by atoms with Gasteiger partial charge < -0.3 is 15.2 Å². The van der Waals surface area contributed by atoms with E-state index >= 15 is 0 Å². The second kappa shape index (κ2) is 8.21. The van der Waals surface area contributed by atoms with Gasteiger partial charge in [-0.2, -0.15) is 0 Å². The molecule has 3 aromatic rings. The first-order chi connectivity index (χ1) is 12.6. The number of benzene rings is 2. The van der Waals surface area contributed by atoms with Gasteiger partial charge in [-0.05, 0) is 41.3 Å². The Morgan fingerprint density at radius 3 is 2.31 bits per heavy atom. The zero-order chi connectivity index (χ0) is 18.5. The second-order valence-electron chi connectivity index (χ2n) is 5.99. The third-order valence-corrected chi connectivity index (χ3v) is 4.48. The van der Waals surface area contributed by atoms with Crippen LogP contribution in [0.15, 0.2) is 60.8 Å². The Kier molecular flexibility index (Phi) is 5.76. The number of nitrogens with two attached hydrogens (primary N) is 1. The van der Waals surface area contributed by atoms with Crippen molar-refractivity contribution in [2.45, 2.75) is 12.5 Å². The van der Waals surface area contributed by atoms with Crippen molar-refractivity contribution in [1.82, 2.24) is 4.98 Å². The lowest BCUT2D eigenvalue weighted by Crippen LogP contribution is -2.13. The molecule has 5 heteroatoms. The zero-order valence-electron chi connectivity index (χ0n) is 14.8. The summed E-state index contributed by atoms with van der Waals surface area (Å²) in [5.74, 6) is 1.39. The van der Waals surface area contributed by atoms with Gasteiger partial charge in [-0.25, -0.2) is 4.98 Å². The summed E-state index contributed by atoms with van der Waals surface area (Å²) in [6, 6.07) is 17.8. The molecular formula is C21H21ClN2O2. The van der Waals surface area contributed by atoms with Crippen molar-refractivity contribution in [2.24, 2.45) is 5.73 Å². The lowest BCUT2D eigenvalue weighted by atomic mass is 9.97. The Hall–Kier alpha value is -2.56. The van der Waals surface area contributed by atoms with Crippen LogP contribution >= 0.6 is 11.6 Å². The SMILES string of the molecule is COc1ccc(C[C@H](N)c2ccc(-c3cc(Cl)cnc3OC)cc2)cc1. The number of nitrogens with zero attached hydrogens (tertiary/aromatic N) is 1. The fraction of sp³-hybridized carbons (Fsp3) is 0.190. The van der Waals surface area contributed by atoms with Crippen LogP contribution in [0.5, 0.6) is 11.6 Å². The normalized spacial score (nSPS) is 11.8. The van der Waals surface area contributed by atoms with Crippen LogP contribution in [0.3, 0.4) is 0 Å². The molecule has 4 nitrogen and oxygen atoms in total. The van der Waals surface area contributed by atoms with Gasteiger partial charge in [0.2, 0.25) is 5.88 Å². The monoisotopic (exact) mass is 368 g/mol. The molecule has 0 saturated carbocycles. The Morgan fingerprint density at radius 1 is 1.00 bits per heavy atom. The fourth-order valence-corrected chi connectivity index (χ4v) is 3.00. The lowest BCUT2D eigenvalue weighted by molar-refractivity contribution is 0.399. The first-order valence-electron chi connectivity index (χ1n) is 8.29. The summed E-state index contributed by atoms with van der Waals surface area (Å²) in [4.78, 5) is 4.21. The quantitative estimate of drug-likeness (QED) is 0.687. The first-order valence-corrected chi connectivity index (χ1v) is 8.67. The van der Waals surface area contributed by atoms with E-state index in [2.05, 4.69) is 4.98 Å². The van der Waals surface area contributed by atoms with Gasteiger partial charge in [-0.1, -0.05) is 48.0 Å². The zero-order valence-corrected chi connectivity index (χ0v) is 15.5. The molecule has 0 bridgehead atoms. The summed E-state index contributed by atoms with van der Waals surface area (Å²) in [5, 5.41) is 0.570. The average molecular weight is 369 g/mol. The average Bonchev–Trinajstić information content (AvgIpc) is 2.68. The van der Waals surface area contributed by atoms with E-state index in [0.717, 1.165) is 28.9 Å². The Balaban J connectivity index is 1.77. The van der Waals surface area contributed by atoms with Crippen LogP contribution in [0.4, 0.5) is 0 Å². The van der Waals surface area contributed by atoms with Crippen molar-refractivity contribution in [3.8, 4) is 22.8 Å². The molecule has 2 aromatic carbocycles. The molecular weight excluding hydrogens is 348 g/mol. The van der Waals surface area contributed by atoms with Gasteiger partial charge in [0.1, 0.15) is 5.75 Å². The van der Waals surface area contributed by atoms with Gasteiger partial charge in [-0.15, -0.1) is 0 Å². The molecule has 0 radical (unpaired) electrons. The summed E-state index contributed by atoms with van der Waals surface area (Å²) in [6.07, 6.45) is 2.33. The van der Waals surface area contributed by atoms with Crippen molar-refractivity contribution < 1.29 is 9.47 Å². The molecule has 0 unspecified atom stereocenters. The summed E-state index contributed by atoms with van der Waals surface area (Å²) < 4.78 is 10.5. The van der Waals surface area contributed by atoms with E-state index in [1.807, 2.05) is 54.6 Å². The summed E-state index contributed by atoms with van der Waals surface area (Å²) >= 11 is 6.07. The summed E-state index contributed by atoms with van der Waals surface area (Å²) in [5.41, 5.74) is 10.5.